The number of benzene rings is 2. The number of amides is 1. The third-order valence-electron chi connectivity index (χ3n) is 5.70. The number of para-hydroxylation sites is 1. The Morgan fingerprint density at radius 3 is 2.70 bits per heavy atom. The summed E-state index contributed by atoms with van der Waals surface area (Å²) in [5.41, 5.74) is 3.69. The highest BCUT2D eigenvalue weighted by atomic mass is 16.5. The summed E-state index contributed by atoms with van der Waals surface area (Å²) in [6, 6.07) is 15.2. The summed E-state index contributed by atoms with van der Waals surface area (Å²) in [5, 5.41) is 28.0. The summed E-state index contributed by atoms with van der Waals surface area (Å²) in [7, 11) is 0. The largest absolute Gasteiger partial charge is 0.507 e. The van der Waals surface area contributed by atoms with Crippen LogP contribution >= 0.6 is 0 Å². The lowest BCUT2D eigenvalue weighted by atomic mass is 9.95. The van der Waals surface area contributed by atoms with Crippen LogP contribution in [0.25, 0.3) is 11.3 Å². The summed E-state index contributed by atoms with van der Waals surface area (Å²) in [5.74, 6) is 0.227. The van der Waals surface area contributed by atoms with E-state index in [0.717, 1.165) is 11.1 Å². The Bertz CT molecular complexity index is 1320. The van der Waals surface area contributed by atoms with Crippen molar-refractivity contribution >= 4 is 5.91 Å². The number of carbonyl (C=O) groups is 1. The van der Waals surface area contributed by atoms with Crippen LogP contribution in [-0.2, 0) is 6.54 Å². The number of phenolic OH excluding ortho intramolecular Hbond substituents is 2. The van der Waals surface area contributed by atoms with Gasteiger partial charge in [-0.3, -0.25) is 14.9 Å². The van der Waals surface area contributed by atoms with Gasteiger partial charge in [0, 0.05) is 30.1 Å². The maximum absolute atomic E-state index is 13.5. The molecule has 2 aromatic heterocycles. The van der Waals surface area contributed by atoms with Crippen LogP contribution in [0.1, 0.15) is 40.1 Å². The molecule has 0 saturated heterocycles. The molecule has 0 fully saturated rings. The Labute approximate surface area is 190 Å². The van der Waals surface area contributed by atoms with Gasteiger partial charge in [-0.25, -0.2) is 0 Å². The summed E-state index contributed by atoms with van der Waals surface area (Å²) in [6.45, 7) is 2.55. The summed E-state index contributed by atoms with van der Waals surface area (Å²) >= 11 is 0. The molecule has 33 heavy (non-hydrogen) atoms. The van der Waals surface area contributed by atoms with Crippen molar-refractivity contribution in [1.82, 2.24) is 20.1 Å². The fourth-order valence-corrected chi connectivity index (χ4v) is 4.25. The van der Waals surface area contributed by atoms with E-state index in [-0.39, 0.29) is 17.4 Å². The van der Waals surface area contributed by atoms with E-state index in [4.69, 9.17) is 4.74 Å². The molecule has 4 aromatic rings. The van der Waals surface area contributed by atoms with Crippen molar-refractivity contribution in [3.8, 4) is 28.5 Å². The minimum atomic E-state index is -0.513. The molecule has 8 nitrogen and oxygen atoms in total. The van der Waals surface area contributed by atoms with Gasteiger partial charge in [-0.2, -0.15) is 5.10 Å². The quantitative estimate of drug-likeness (QED) is 0.416. The van der Waals surface area contributed by atoms with Crippen LogP contribution in [0.5, 0.6) is 17.2 Å². The molecule has 8 heteroatoms. The average molecular weight is 442 g/mol. The van der Waals surface area contributed by atoms with E-state index in [9.17, 15) is 15.0 Å². The zero-order chi connectivity index (χ0) is 22.9. The number of nitrogens with zero attached hydrogens (tertiary/aromatic N) is 3. The molecule has 166 valence electrons. The fourth-order valence-electron chi connectivity index (χ4n) is 4.25. The van der Waals surface area contributed by atoms with E-state index >= 15 is 0 Å². The molecule has 0 unspecified atom stereocenters. The monoisotopic (exact) mass is 442 g/mol. The lowest BCUT2D eigenvalue weighted by molar-refractivity contribution is 0.0729. The molecular weight excluding hydrogens is 420 g/mol. The first-order chi connectivity index (χ1) is 16.1. The molecule has 0 bridgehead atoms. The SMILES string of the molecule is CCOc1cc([C@H]2c3c(-c4ccccc4O)n[nH]c3C(=O)N2Cc2cccnc2)ccc1O. The number of pyridine rings is 1. The molecule has 5 rings (SSSR count). The number of hydrogen-bond donors (Lipinski definition) is 3. The number of aromatic amines is 1. The predicted molar refractivity (Wildman–Crippen MR) is 121 cm³/mol. The number of carbonyl (C=O) groups excluding carboxylic acids is 1. The topological polar surface area (TPSA) is 112 Å². The number of rotatable bonds is 6. The zero-order valence-electron chi connectivity index (χ0n) is 17.9. The van der Waals surface area contributed by atoms with Gasteiger partial charge in [0.15, 0.2) is 11.5 Å². The molecule has 1 aliphatic rings. The Hall–Kier alpha value is -4.33. The Morgan fingerprint density at radius 2 is 1.94 bits per heavy atom. The minimum Gasteiger partial charge on any atom is -0.507 e. The van der Waals surface area contributed by atoms with E-state index in [1.165, 1.54) is 0 Å². The van der Waals surface area contributed by atoms with Crippen LogP contribution in [0.3, 0.4) is 0 Å². The maximum atomic E-state index is 13.5. The number of phenols is 2. The number of fused-ring (bicyclic) bond motifs is 1. The van der Waals surface area contributed by atoms with Gasteiger partial charge in [-0.05, 0) is 48.4 Å². The molecule has 0 saturated carbocycles. The first kappa shape index (κ1) is 20.6. The lowest BCUT2D eigenvalue weighted by Crippen LogP contribution is -2.29. The molecular formula is C25H22N4O4. The van der Waals surface area contributed by atoms with Crippen LogP contribution in [0.4, 0.5) is 0 Å². The van der Waals surface area contributed by atoms with Gasteiger partial charge >= 0.3 is 0 Å². The molecule has 0 spiro atoms. The first-order valence-corrected chi connectivity index (χ1v) is 10.6. The number of H-pyrrole nitrogens is 1. The highest BCUT2D eigenvalue weighted by Crippen LogP contribution is 2.46. The number of hydrogen-bond acceptors (Lipinski definition) is 6. The average Bonchev–Trinajstić information content (AvgIpc) is 3.36. The van der Waals surface area contributed by atoms with Gasteiger partial charge < -0.3 is 19.8 Å². The van der Waals surface area contributed by atoms with Crippen molar-refractivity contribution in [2.45, 2.75) is 19.5 Å². The highest BCUT2D eigenvalue weighted by Gasteiger charge is 2.42. The lowest BCUT2D eigenvalue weighted by Gasteiger charge is -2.27. The van der Waals surface area contributed by atoms with Crippen molar-refractivity contribution in [3.05, 3.63) is 89.4 Å². The summed E-state index contributed by atoms with van der Waals surface area (Å²) in [6.07, 6.45) is 3.41. The van der Waals surface area contributed by atoms with Crippen LogP contribution in [0.2, 0.25) is 0 Å². The van der Waals surface area contributed by atoms with Crippen molar-refractivity contribution in [2.24, 2.45) is 0 Å². The molecule has 0 aliphatic carbocycles. The third-order valence-corrected chi connectivity index (χ3v) is 5.70. The molecule has 1 amide bonds. The van der Waals surface area contributed by atoms with E-state index in [2.05, 4.69) is 15.2 Å². The number of aromatic nitrogens is 3. The van der Waals surface area contributed by atoms with Crippen LogP contribution in [0.15, 0.2) is 67.0 Å². The molecule has 1 atom stereocenters. The van der Waals surface area contributed by atoms with Gasteiger partial charge in [-0.15, -0.1) is 0 Å². The second-order valence-corrected chi connectivity index (χ2v) is 7.74. The van der Waals surface area contributed by atoms with E-state index in [0.29, 0.717) is 41.4 Å². The molecule has 3 N–H and O–H groups in total. The van der Waals surface area contributed by atoms with Crippen molar-refractivity contribution < 1.29 is 19.7 Å². The predicted octanol–water partition coefficient (Wildman–Crippen LogP) is 4.03. The molecule has 1 aliphatic heterocycles. The highest BCUT2D eigenvalue weighted by molar-refractivity contribution is 6.00. The maximum Gasteiger partial charge on any atom is 0.273 e. The number of aromatic hydroxyl groups is 2. The van der Waals surface area contributed by atoms with Crippen LogP contribution in [0, 0.1) is 0 Å². The van der Waals surface area contributed by atoms with Gasteiger partial charge in [0.25, 0.3) is 5.91 Å². The number of ether oxygens (including phenoxy) is 1. The van der Waals surface area contributed by atoms with Gasteiger partial charge in [0.1, 0.15) is 17.1 Å². The smallest absolute Gasteiger partial charge is 0.273 e. The second kappa shape index (κ2) is 8.31. The summed E-state index contributed by atoms with van der Waals surface area (Å²) < 4.78 is 5.59. The van der Waals surface area contributed by atoms with E-state index in [1.807, 2.05) is 25.1 Å². The van der Waals surface area contributed by atoms with E-state index < -0.39 is 6.04 Å². The zero-order valence-corrected chi connectivity index (χ0v) is 17.9. The number of nitrogens with one attached hydrogen (secondary N) is 1. The van der Waals surface area contributed by atoms with Crippen LogP contribution < -0.4 is 4.74 Å². The van der Waals surface area contributed by atoms with Gasteiger partial charge in [-0.1, -0.05) is 24.3 Å². The minimum absolute atomic E-state index is 0.0251. The summed E-state index contributed by atoms with van der Waals surface area (Å²) in [4.78, 5) is 19.4. The van der Waals surface area contributed by atoms with E-state index in [1.54, 1.807) is 53.7 Å². The van der Waals surface area contributed by atoms with Gasteiger partial charge in [0.2, 0.25) is 0 Å². The standard InChI is InChI=1S/C25H22N4O4/c1-2-33-20-12-16(9-10-19(20)31)24-21-22(17-7-3-4-8-18(17)30)27-28-23(21)25(32)29(24)14-15-6-5-11-26-13-15/h3-13,24,30-31H,2,14H2,1H3,(H,27,28)/t24-/m0/s1. The Kier molecular flexibility index (Phi) is 5.18. The molecule has 2 aromatic carbocycles. The normalized spacial score (nSPS) is 15.0. The first-order valence-electron chi connectivity index (χ1n) is 10.6. The third kappa shape index (κ3) is 3.55. The van der Waals surface area contributed by atoms with Crippen LogP contribution in [-0.4, -0.2) is 42.8 Å². The molecule has 0 radical (unpaired) electrons. The van der Waals surface area contributed by atoms with Gasteiger partial charge in [0.05, 0.1) is 12.6 Å². The molecule has 3 heterocycles. The second-order valence-electron chi connectivity index (χ2n) is 7.74. The Morgan fingerprint density at radius 1 is 1.09 bits per heavy atom. The fraction of sp³-hybridized carbons (Fsp3) is 0.160. The Balaban J connectivity index is 1.68. The van der Waals surface area contributed by atoms with Crippen molar-refractivity contribution in [3.63, 3.8) is 0 Å². The van der Waals surface area contributed by atoms with Crippen molar-refractivity contribution in [2.75, 3.05) is 6.61 Å². The van der Waals surface area contributed by atoms with Crippen molar-refractivity contribution in [1.29, 1.82) is 0 Å².